The van der Waals surface area contributed by atoms with Gasteiger partial charge in [-0.05, 0) is 12.0 Å². The zero-order chi connectivity index (χ0) is 19.2. The van der Waals surface area contributed by atoms with Crippen LogP contribution in [0.5, 0.6) is 0 Å². The quantitative estimate of drug-likeness (QED) is 0.662. The first kappa shape index (κ1) is 18.9. The number of nitrogens with zero attached hydrogens (tertiary/aromatic N) is 3. The third-order valence-electron chi connectivity index (χ3n) is 3.93. The Balaban J connectivity index is 1.49. The summed E-state index contributed by atoms with van der Waals surface area (Å²) in [5.41, 5.74) is 0.863. The van der Waals surface area contributed by atoms with Gasteiger partial charge in [-0.25, -0.2) is 4.79 Å². The molecule has 27 heavy (non-hydrogen) atoms. The molecule has 2 N–H and O–H groups in total. The molecule has 9 nitrogen and oxygen atoms in total. The van der Waals surface area contributed by atoms with E-state index in [1.54, 1.807) is 7.11 Å². The fourth-order valence-electron chi connectivity index (χ4n) is 2.63. The number of benzene rings is 1. The summed E-state index contributed by atoms with van der Waals surface area (Å²) in [6, 6.07) is 8.12. The van der Waals surface area contributed by atoms with Gasteiger partial charge in [0.2, 0.25) is 11.0 Å². The van der Waals surface area contributed by atoms with E-state index < -0.39 is 12.1 Å². The molecule has 2 aromatic rings. The fraction of sp³-hybridized carbons (Fsp3) is 0.353. The summed E-state index contributed by atoms with van der Waals surface area (Å²) >= 11 is 1.22. The molecular weight excluding hydrogens is 370 g/mol. The summed E-state index contributed by atoms with van der Waals surface area (Å²) in [4.78, 5) is 37.7. The van der Waals surface area contributed by atoms with Crippen molar-refractivity contribution in [2.75, 3.05) is 12.4 Å². The van der Waals surface area contributed by atoms with E-state index in [1.165, 1.54) is 16.2 Å². The lowest BCUT2D eigenvalue weighted by atomic mass is 10.1. The lowest BCUT2D eigenvalue weighted by Crippen LogP contribution is -2.31. The number of hydrogen-bond acceptors (Lipinski definition) is 7. The van der Waals surface area contributed by atoms with Crippen molar-refractivity contribution < 1.29 is 19.1 Å². The van der Waals surface area contributed by atoms with E-state index in [0.29, 0.717) is 16.7 Å². The Morgan fingerprint density at radius 1 is 1.30 bits per heavy atom. The SMILES string of the molecule is COCc1nnc(NC(=O)CC[C@H]2NC(=O)N(Cc3ccccc3)C2=O)s1. The molecule has 1 aromatic carbocycles. The van der Waals surface area contributed by atoms with Crippen molar-refractivity contribution in [3.05, 3.63) is 40.9 Å². The number of imide groups is 1. The normalized spacial score (nSPS) is 16.5. The number of ether oxygens (including phenoxy) is 1. The highest BCUT2D eigenvalue weighted by molar-refractivity contribution is 7.15. The molecule has 4 amide bonds. The summed E-state index contributed by atoms with van der Waals surface area (Å²) < 4.78 is 4.95. The summed E-state index contributed by atoms with van der Waals surface area (Å²) in [7, 11) is 1.55. The number of carbonyl (C=O) groups is 3. The Hall–Kier alpha value is -2.85. The highest BCUT2D eigenvalue weighted by Gasteiger charge is 2.37. The van der Waals surface area contributed by atoms with Crippen molar-refractivity contribution in [2.24, 2.45) is 0 Å². The van der Waals surface area contributed by atoms with Crippen LogP contribution in [0.3, 0.4) is 0 Å². The number of nitrogens with one attached hydrogen (secondary N) is 2. The standard InChI is InChI=1S/C17H19N5O4S/c1-26-10-14-20-21-16(27-14)19-13(23)8-7-12-15(24)22(17(25)18-12)9-11-5-3-2-4-6-11/h2-6,12H,7-10H2,1H3,(H,18,25)(H,19,21,23)/t12-/m1/s1. The third kappa shape index (κ3) is 4.86. The van der Waals surface area contributed by atoms with Crippen molar-refractivity contribution in [1.82, 2.24) is 20.4 Å². The van der Waals surface area contributed by atoms with Gasteiger partial charge < -0.3 is 15.4 Å². The van der Waals surface area contributed by atoms with Crippen LogP contribution in [-0.2, 0) is 27.5 Å². The number of amides is 4. The predicted octanol–water partition coefficient (Wildman–Crippen LogP) is 1.52. The molecule has 1 atom stereocenters. The lowest BCUT2D eigenvalue weighted by molar-refractivity contribution is -0.128. The molecule has 1 saturated heterocycles. The minimum atomic E-state index is -0.703. The van der Waals surface area contributed by atoms with Crippen molar-refractivity contribution in [3.63, 3.8) is 0 Å². The summed E-state index contributed by atoms with van der Waals surface area (Å²) in [6.07, 6.45) is 0.292. The second-order valence-electron chi connectivity index (χ2n) is 5.93. The number of hydrogen-bond donors (Lipinski definition) is 2. The molecular formula is C17H19N5O4S. The molecule has 0 spiro atoms. The molecule has 1 aliphatic heterocycles. The number of urea groups is 1. The van der Waals surface area contributed by atoms with Crippen molar-refractivity contribution >= 4 is 34.3 Å². The second kappa shape index (κ2) is 8.69. The van der Waals surface area contributed by atoms with Gasteiger partial charge in [0.15, 0.2) is 0 Å². The van der Waals surface area contributed by atoms with Crippen LogP contribution in [0.25, 0.3) is 0 Å². The van der Waals surface area contributed by atoms with Crippen molar-refractivity contribution in [3.8, 4) is 0 Å². The largest absolute Gasteiger partial charge is 0.377 e. The van der Waals surface area contributed by atoms with Crippen molar-refractivity contribution in [1.29, 1.82) is 0 Å². The van der Waals surface area contributed by atoms with Gasteiger partial charge in [0.1, 0.15) is 17.7 Å². The van der Waals surface area contributed by atoms with E-state index in [2.05, 4.69) is 20.8 Å². The summed E-state index contributed by atoms with van der Waals surface area (Å²) in [6.45, 7) is 0.536. The molecule has 142 valence electrons. The topological polar surface area (TPSA) is 114 Å². The van der Waals surface area contributed by atoms with Gasteiger partial charge in [0.05, 0.1) is 6.54 Å². The monoisotopic (exact) mass is 389 g/mol. The molecule has 0 aliphatic carbocycles. The Kier molecular flexibility index (Phi) is 6.09. The second-order valence-corrected chi connectivity index (χ2v) is 6.99. The first-order valence-electron chi connectivity index (χ1n) is 8.34. The van der Waals surface area contributed by atoms with Gasteiger partial charge in [-0.15, -0.1) is 10.2 Å². The summed E-state index contributed by atoms with van der Waals surface area (Å²) in [5, 5.41) is 14.0. The van der Waals surface area contributed by atoms with Crippen LogP contribution < -0.4 is 10.6 Å². The van der Waals surface area contributed by atoms with Gasteiger partial charge in [0.25, 0.3) is 5.91 Å². The van der Waals surface area contributed by atoms with Crippen LogP contribution in [0.4, 0.5) is 9.93 Å². The molecule has 1 fully saturated rings. The van der Waals surface area contributed by atoms with Crippen LogP contribution in [0.2, 0.25) is 0 Å². The molecule has 10 heteroatoms. The van der Waals surface area contributed by atoms with E-state index in [-0.39, 0.29) is 31.2 Å². The highest BCUT2D eigenvalue weighted by Crippen LogP contribution is 2.18. The van der Waals surface area contributed by atoms with Crippen LogP contribution >= 0.6 is 11.3 Å². The zero-order valence-electron chi connectivity index (χ0n) is 14.7. The third-order valence-corrected chi connectivity index (χ3v) is 4.74. The molecule has 2 heterocycles. The molecule has 1 aliphatic rings. The molecule has 0 radical (unpaired) electrons. The van der Waals surface area contributed by atoms with E-state index in [1.807, 2.05) is 30.3 Å². The Morgan fingerprint density at radius 3 is 2.81 bits per heavy atom. The highest BCUT2D eigenvalue weighted by atomic mass is 32.1. The molecule has 0 unspecified atom stereocenters. The number of rotatable bonds is 8. The van der Waals surface area contributed by atoms with Gasteiger partial charge in [-0.3, -0.25) is 14.5 Å². The zero-order valence-corrected chi connectivity index (χ0v) is 15.5. The van der Waals surface area contributed by atoms with Crippen LogP contribution in [-0.4, -0.2) is 46.1 Å². The van der Waals surface area contributed by atoms with Gasteiger partial charge in [0, 0.05) is 13.5 Å². The first-order chi connectivity index (χ1) is 13.1. The average molecular weight is 389 g/mol. The number of anilines is 1. The Bertz CT molecular complexity index is 826. The Labute approximate surface area is 159 Å². The van der Waals surface area contributed by atoms with Crippen LogP contribution in [0.15, 0.2) is 30.3 Å². The molecule has 3 rings (SSSR count). The first-order valence-corrected chi connectivity index (χ1v) is 9.15. The van der Waals surface area contributed by atoms with E-state index >= 15 is 0 Å². The summed E-state index contributed by atoms with van der Waals surface area (Å²) in [5.74, 6) is -0.617. The van der Waals surface area contributed by atoms with Crippen molar-refractivity contribution in [2.45, 2.75) is 32.0 Å². The fourth-order valence-corrected chi connectivity index (χ4v) is 3.36. The lowest BCUT2D eigenvalue weighted by Gasteiger charge is -2.12. The number of aromatic nitrogens is 2. The predicted molar refractivity (Wildman–Crippen MR) is 97.8 cm³/mol. The number of methoxy groups -OCH3 is 1. The number of carbonyl (C=O) groups excluding carboxylic acids is 3. The maximum Gasteiger partial charge on any atom is 0.325 e. The minimum absolute atomic E-state index is 0.0784. The van der Waals surface area contributed by atoms with Gasteiger partial charge >= 0.3 is 6.03 Å². The smallest absolute Gasteiger partial charge is 0.325 e. The van der Waals surface area contributed by atoms with Gasteiger partial charge in [-0.2, -0.15) is 0 Å². The maximum absolute atomic E-state index is 12.4. The van der Waals surface area contributed by atoms with E-state index in [9.17, 15) is 14.4 Å². The molecule has 1 aromatic heterocycles. The molecule has 0 saturated carbocycles. The van der Waals surface area contributed by atoms with E-state index in [0.717, 1.165) is 5.56 Å². The minimum Gasteiger partial charge on any atom is -0.377 e. The maximum atomic E-state index is 12.4. The Morgan fingerprint density at radius 2 is 2.07 bits per heavy atom. The average Bonchev–Trinajstić information content (AvgIpc) is 3.20. The van der Waals surface area contributed by atoms with Gasteiger partial charge in [-0.1, -0.05) is 41.7 Å². The van der Waals surface area contributed by atoms with E-state index in [4.69, 9.17) is 4.74 Å². The molecule has 0 bridgehead atoms. The van der Waals surface area contributed by atoms with Crippen LogP contribution in [0.1, 0.15) is 23.4 Å². The van der Waals surface area contributed by atoms with Crippen LogP contribution in [0, 0.1) is 0 Å².